The maximum absolute atomic E-state index is 10.2. The summed E-state index contributed by atoms with van der Waals surface area (Å²) in [4.78, 5) is 19.2. The van der Waals surface area contributed by atoms with Gasteiger partial charge in [-0.05, 0) is 12.1 Å². The molecule has 2 N–H and O–H groups in total. The van der Waals surface area contributed by atoms with Gasteiger partial charge in [-0.15, -0.1) is 0 Å². The minimum atomic E-state index is -0.879. The fourth-order valence-electron chi connectivity index (χ4n) is 0.581. The Morgan fingerprint density at radius 2 is 1.33 bits per heavy atom. The van der Waals surface area contributed by atoms with Gasteiger partial charge in [0.25, 0.3) is 5.97 Å². The monoisotopic (exact) mass is 212 g/mol. The lowest BCUT2D eigenvalue weighted by Gasteiger charge is -1.88. The maximum atomic E-state index is 10.2. The zero-order valence-electron chi connectivity index (χ0n) is 9.10. The fourth-order valence-corrected chi connectivity index (χ4v) is 0.581. The predicted molar refractivity (Wildman–Crippen MR) is 58.1 cm³/mol. The highest BCUT2D eigenvalue weighted by Crippen LogP contribution is 1.96. The summed E-state index contributed by atoms with van der Waals surface area (Å²) in [5.41, 5.74) is 0.331. The van der Waals surface area contributed by atoms with Crippen molar-refractivity contribution >= 4 is 11.9 Å². The molecule has 0 aliphatic heterocycles. The standard InChI is InChI=1S/C7H6O2.C2H4O2.C2H6/c8-7(9)6-4-2-1-3-5-6;1-2(3)4;1-2/h1-5H,(H,8,9);1H3,(H,3,4);1-2H3. The first-order chi connectivity index (χ1) is 7.04. The van der Waals surface area contributed by atoms with Gasteiger partial charge in [-0.25, -0.2) is 4.79 Å². The first kappa shape index (κ1) is 15.6. The average Bonchev–Trinajstić information content (AvgIpc) is 2.21. The van der Waals surface area contributed by atoms with Crippen LogP contribution in [0.5, 0.6) is 0 Å². The molecule has 0 heterocycles. The molecule has 0 atom stereocenters. The van der Waals surface area contributed by atoms with Crippen LogP contribution in [-0.2, 0) is 4.79 Å². The number of rotatable bonds is 1. The summed E-state index contributed by atoms with van der Waals surface area (Å²) in [7, 11) is 0. The van der Waals surface area contributed by atoms with Gasteiger partial charge in [0.2, 0.25) is 0 Å². The molecule has 0 aromatic heterocycles. The van der Waals surface area contributed by atoms with Gasteiger partial charge in [-0.1, -0.05) is 32.0 Å². The molecule has 4 nitrogen and oxygen atoms in total. The second-order valence-electron chi connectivity index (χ2n) is 2.19. The molecular formula is C11H16O4. The molecule has 0 saturated carbocycles. The van der Waals surface area contributed by atoms with Crippen LogP contribution >= 0.6 is 0 Å². The van der Waals surface area contributed by atoms with Crippen LogP contribution in [0.1, 0.15) is 31.1 Å². The van der Waals surface area contributed by atoms with E-state index in [0.29, 0.717) is 5.56 Å². The Balaban J connectivity index is 0. The van der Waals surface area contributed by atoms with E-state index in [9.17, 15) is 4.79 Å². The molecule has 0 radical (unpaired) electrons. The molecule has 0 amide bonds. The summed E-state index contributed by atoms with van der Waals surface area (Å²) < 4.78 is 0. The van der Waals surface area contributed by atoms with E-state index in [0.717, 1.165) is 6.92 Å². The van der Waals surface area contributed by atoms with Gasteiger partial charge < -0.3 is 10.2 Å². The lowest BCUT2D eigenvalue weighted by Crippen LogP contribution is -1.93. The highest BCUT2D eigenvalue weighted by molar-refractivity contribution is 5.87. The Morgan fingerprint density at radius 3 is 1.53 bits per heavy atom. The van der Waals surface area contributed by atoms with Crippen LogP contribution in [0, 0.1) is 0 Å². The Hall–Kier alpha value is -1.84. The minimum Gasteiger partial charge on any atom is -0.481 e. The number of carboxylic acids is 2. The number of aliphatic carboxylic acids is 1. The normalized spacial score (nSPS) is 7.40. The van der Waals surface area contributed by atoms with Crippen LogP contribution < -0.4 is 0 Å². The quantitative estimate of drug-likeness (QED) is 0.750. The van der Waals surface area contributed by atoms with Crippen molar-refractivity contribution in [2.24, 2.45) is 0 Å². The first-order valence-corrected chi connectivity index (χ1v) is 4.52. The second-order valence-corrected chi connectivity index (χ2v) is 2.19. The van der Waals surface area contributed by atoms with Crippen molar-refractivity contribution < 1.29 is 19.8 Å². The molecule has 0 unspecified atom stereocenters. The van der Waals surface area contributed by atoms with E-state index in [1.54, 1.807) is 30.3 Å². The SMILES string of the molecule is CC.CC(=O)O.O=C(O)c1ccccc1. The van der Waals surface area contributed by atoms with Gasteiger partial charge in [-0.3, -0.25) is 4.79 Å². The summed E-state index contributed by atoms with van der Waals surface area (Å²) in [6.45, 7) is 5.08. The number of carboxylic acid groups (broad SMARTS) is 2. The summed E-state index contributed by atoms with van der Waals surface area (Å²) >= 11 is 0. The molecule has 0 bridgehead atoms. The maximum Gasteiger partial charge on any atom is 0.335 e. The zero-order valence-corrected chi connectivity index (χ0v) is 9.10. The fraction of sp³-hybridized carbons (Fsp3) is 0.273. The number of hydrogen-bond donors (Lipinski definition) is 2. The third-order valence-electron chi connectivity index (χ3n) is 1.02. The van der Waals surface area contributed by atoms with Gasteiger partial charge >= 0.3 is 5.97 Å². The second kappa shape index (κ2) is 10.2. The molecule has 1 rings (SSSR count). The van der Waals surface area contributed by atoms with Crippen molar-refractivity contribution in [2.45, 2.75) is 20.8 Å². The smallest absolute Gasteiger partial charge is 0.335 e. The van der Waals surface area contributed by atoms with Crippen LogP contribution in [-0.4, -0.2) is 22.2 Å². The molecule has 0 aliphatic carbocycles. The Kier molecular flexibility index (Phi) is 10.7. The Bertz CT molecular complexity index is 276. The van der Waals surface area contributed by atoms with Crippen molar-refractivity contribution in [1.29, 1.82) is 0 Å². The van der Waals surface area contributed by atoms with Gasteiger partial charge in [0.15, 0.2) is 0 Å². The molecule has 15 heavy (non-hydrogen) atoms. The summed E-state index contributed by atoms with van der Waals surface area (Å²) in [6.07, 6.45) is 0. The number of carbonyl (C=O) groups is 2. The van der Waals surface area contributed by atoms with Crippen LogP contribution in [0.4, 0.5) is 0 Å². The Labute approximate surface area is 89.2 Å². The van der Waals surface area contributed by atoms with Crippen molar-refractivity contribution in [3.63, 3.8) is 0 Å². The van der Waals surface area contributed by atoms with E-state index in [4.69, 9.17) is 15.0 Å². The van der Waals surface area contributed by atoms with E-state index in [1.807, 2.05) is 13.8 Å². The number of benzene rings is 1. The van der Waals surface area contributed by atoms with Crippen LogP contribution in [0.3, 0.4) is 0 Å². The highest BCUT2D eigenvalue weighted by atomic mass is 16.4. The third-order valence-corrected chi connectivity index (χ3v) is 1.02. The molecule has 4 heteroatoms. The number of aromatic carboxylic acids is 1. The largest absolute Gasteiger partial charge is 0.481 e. The van der Waals surface area contributed by atoms with E-state index >= 15 is 0 Å². The van der Waals surface area contributed by atoms with E-state index < -0.39 is 11.9 Å². The van der Waals surface area contributed by atoms with Crippen molar-refractivity contribution in [3.8, 4) is 0 Å². The van der Waals surface area contributed by atoms with Gasteiger partial charge in [-0.2, -0.15) is 0 Å². The Morgan fingerprint density at radius 1 is 1.00 bits per heavy atom. The lowest BCUT2D eigenvalue weighted by atomic mass is 10.2. The highest BCUT2D eigenvalue weighted by Gasteiger charge is 1.96. The molecule has 0 saturated heterocycles. The summed E-state index contributed by atoms with van der Waals surface area (Å²) in [6, 6.07) is 8.30. The van der Waals surface area contributed by atoms with Crippen LogP contribution in [0.15, 0.2) is 30.3 Å². The molecule has 1 aromatic rings. The molecule has 0 aliphatic rings. The predicted octanol–water partition coefficient (Wildman–Crippen LogP) is 2.50. The summed E-state index contributed by atoms with van der Waals surface area (Å²) in [5, 5.41) is 15.8. The van der Waals surface area contributed by atoms with Crippen molar-refractivity contribution in [2.75, 3.05) is 0 Å². The molecule has 84 valence electrons. The zero-order chi connectivity index (χ0) is 12.3. The van der Waals surface area contributed by atoms with Crippen molar-refractivity contribution in [3.05, 3.63) is 35.9 Å². The summed E-state index contributed by atoms with van der Waals surface area (Å²) in [5.74, 6) is -1.71. The molecular weight excluding hydrogens is 196 g/mol. The molecule has 0 spiro atoms. The topological polar surface area (TPSA) is 74.6 Å². The van der Waals surface area contributed by atoms with Gasteiger partial charge in [0.1, 0.15) is 0 Å². The van der Waals surface area contributed by atoms with E-state index in [1.165, 1.54) is 0 Å². The minimum absolute atomic E-state index is 0.331. The van der Waals surface area contributed by atoms with Crippen LogP contribution in [0.25, 0.3) is 0 Å². The van der Waals surface area contributed by atoms with E-state index in [-0.39, 0.29) is 0 Å². The molecule has 0 fully saturated rings. The van der Waals surface area contributed by atoms with Gasteiger partial charge in [0, 0.05) is 6.92 Å². The average molecular weight is 212 g/mol. The molecule has 1 aromatic carbocycles. The van der Waals surface area contributed by atoms with E-state index in [2.05, 4.69) is 0 Å². The van der Waals surface area contributed by atoms with Crippen molar-refractivity contribution in [1.82, 2.24) is 0 Å². The van der Waals surface area contributed by atoms with Crippen LogP contribution in [0.2, 0.25) is 0 Å². The number of hydrogen-bond acceptors (Lipinski definition) is 2. The lowest BCUT2D eigenvalue weighted by molar-refractivity contribution is -0.134. The first-order valence-electron chi connectivity index (χ1n) is 4.52. The van der Waals surface area contributed by atoms with Gasteiger partial charge in [0.05, 0.1) is 5.56 Å². The third kappa shape index (κ3) is 12.2.